The molecule has 0 bridgehead atoms. The van der Waals surface area contributed by atoms with Crippen LogP contribution < -0.4 is 5.73 Å². The Labute approximate surface area is 127 Å². The molecule has 0 atom stereocenters. The quantitative estimate of drug-likeness (QED) is 0.273. The van der Waals surface area contributed by atoms with E-state index in [1.54, 1.807) is 30.2 Å². The summed E-state index contributed by atoms with van der Waals surface area (Å²) in [6, 6.07) is 1.73. The molecule has 0 saturated carbocycles. The normalized spacial score (nSPS) is 10.7. The summed E-state index contributed by atoms with van der Waals surface area (Å²) in [6.07, 6.45) is 6.95. The Bertz CT molecular complexity index is 505. The standard InChI is InChI=1S/C13H18N4OS2/c1-4-7-17(2)12(18)6-5-8-20-13-15-10(14)9-11(16-13)19-3/h4-6,9H,1,7-8H2,2-3H3,(H2,14,15,16). The van der Waals surface area contributed by atoms with Crippen molar-refractivity contribution in [2.24, 2.45) is 0 Å². The summed E-state index contributed by atoms with van der Waals surface area (Å²) in [7, 11) is 1.73. The second-order valence-corrected chi connectivity index (χ2v) is 5.65. The van der Waals surface area contributed by atoms with Gasteiger partial charge in [0.25, 0.3) is 0 Å². The number of carbonyl (C=O) groups excluding carboxylic acids is 1. The first-order chi connectivity index (χ1) is 9.56. The highest BCUT2D eigenvalue weighted by molar-refractivity contribution is 7.99. The van der Waals surface area contributed by atoms with Crippen molar-refractivity contribution in [1.29, 1.82) is 0 Å². The number of nitrogens with two attached hydrogens (primary N) is 1. The van der Waals surface area contributed by atoms with Gasteiger partial charge in [0, 0.05) is 25.4 Å². The molecule has 5 nitrogen and oxygen atoms in total. The molecule has 0 aromatic carbocycles. The molecule has 0 fully saturated rings. The average Bonchev–Trinajstić information content (AvgIpc) is 2.43. The number of hydrogen-bond donors (Lipinski definition) is 1. The van der Waals surface area contributed by atoms with Crippen LogP contribution in [0.5, 0.6) is 0 Å². The molecule has 1 amide bonds. The summed E-state index contributed by atoms with van der Waals surface area (Å²) in [5.41, 5.74) is 5.69. The molecule has 1 aromatic rings. The van der Waals surface area contributed by atoms with Crippen LogP contribution in [0.2, 0.25) is 0 Å². The molecule has 0 aliphatic carbocycles. The van der Waals surface area contributed by atoms with E-state index in [1.165, 1.54) is 29.6 Å². The van der Waals surface area contributed by atoms with E-state index < -0.39 is 0 Å². The van der Waals surface area contributed by atoms with Crippen molar-refractivity contribution in [2.45, 2.75) is 10.2 Å². The number of nitrogens with zero attached hydrogens (tertiary/aromatic N) is 3. The van der Waals surface area contributed by atoms with Crippen molar-refractivity contribution in [3.05, 3.63) is 30.9 Å². The SMILES string of the molecule is C=CCN(C)C(=O)C=CCSc1nc(N)cc(SC)n1. The molecule has 0 aliphatic rings. The monoisotopic (exact) mass is 310 g/mol. The summed E-state index contributed by atoms with van der Waals surface area (Å²) >= 11 is 2.96. The molecule has 108 valence electrons. The second-order valence-electron chi connectivity index (χ2n) is 3.84. The lowest BCUT2D eigenvalue weighted by Crippen LogP contribution is -2.24. The van der Waals surface area contributed by atoms with Crippen LogP contribution in [0.3, 0.4) is 0 Å². The fourth-order valence-corrected chi connectivity index (χ4v) is 2.42. The van der Waals surface area contributed by atoms with Gasteiger partial charge in [-0.1, -0.05) is 23.9 Å². The number of amides is 1. The first-order valence-corrected chi connectivity index (χ1v) is 8.11. The van der Waals surface area contributed by atoms with Gasteiger partial charge in [-0.15, -0.1) is 18.3 Å². The van der Waals surface area contributed by atoms with Crippen LogP contribution in [0.15, 0.2) is 41.1 Å². The number of thioether (sulfide) groups is 2. The van der Waals surface area contributed by atoms with E-state index in [9.17, 15) is 4.79 Å². The third-order valence-electron chi connectivity index (χ3n) is 2.26. The van der Waals surface area contributed by atoms with Crippen LogP contribution >= 0.6 is 23.5 Å². The highest BCUT2D eigenvalue weighted by Gasteiger charge is 2.03. The van der Waals surface area contributed by atoms with Crippen LogP contribution in [0.25, 0.3) is 0 Å². The fraction of sp³-hybridized carbons (Fsp3) is 0.308. The van der Waals surface area contributed by atoms with Gasteiger partial charge in [0.05, 0.1) is 0 Å². The smallest absolute Gasteiger partial charge is 0.246 e. The van der Waals surface area contributed by atoms with E-state index >= 15 is 0 Å². The van der Waals surface area contributed by atoms with E-state index in [2.05, 4.69) is 16.5 Å². The number of rotatable bonds is 7. The predicted molar refractivity (Wildman–Crippen MR) is 85.9 cm³/mol. The minimum absolute atomic E-state index is 0.0520. The average molecular weight is 310 g/mol. The molecule has 1 aromatic heterocycles. The lowest BCUT2D eigenvalue weighted by molar-refractivity contribution is -0.124. The lowest BCUT2D eigenvalue weighted by Gasteiger charge is -2.11. The van der Waals surface area contributed by atoms with Crippen LogP contribution in [-0.2, 0) is 4.79 Å². The lowest BCUT2D eigenvalue weighted by atomic mass is 10.4. The highest BCUT2D eigenvalue weighted by Crippen LogP contribution is 2.20. The minimum atomic E-state index is -0.0520. The molecule has 0 radical (unpaired) electrons. The zero-order valence-electron chi connectivity index (χ0n) is 11.6. The third kappa shape index (κ3) is 5.66. The van der Waals surface area contributed by atoms with Gasteiger partial charge in [0.1, 0.15) is 10.8 Å². The number of hydrogen-bond acceptors (Lipinski definition) is 6. The Morgan fingerprint density at radius 2 is 2.30 bits per heavy atom. The van der Waals surface area contributed by atoms with Gasteiger partial charge >= 0.3 is 0 Å². The van der Waals surface area contributed by atoms with E-state index in [0.29, 0.717) is 23.3 Å². The molecule has 0 unspecified atom stereocenters. The van der Waals surface area contributed by atoms with Crippen molar-refractivity contribution >= 4 is 35.2 Å². The molecule has 1 rings (SSSR count). The number of anilines is 1. The first-order valence-electron chi connectivity index (χ1n) is 5.90. The van der Waals surface area contributed by atoms with Crippen molar-refractivity contribution < 1.29 is 4.79 Å². The van der Waals surface area contributed by atoms with Gasteiger partial charge in [-0.05, 0) is 12.3 Å². The molecule has 0 saturated heterocycles. The van der Waals surface area contributed by atoms with Crippen LogP contribution in [0.4, 0.5) is 5.82 Å². The van der Waals surface area contributed by atoms with E-state index in [-0.39, 0.29) is 5.91 Å². The van der Waals surface area contributed by atoms with E-state index in [0.717, 1.165) is 5.03 Å². The fourth-order valence-electron chi connectivity index (χ4n) is 1.27. The van der Waals surface area contributed by atoms with Gasteiger partial charge in [0.2, 0.25) is 5.91 Å². The Morgan fingerprint density at radius 1 is 1.55 bits per heavy atom. The molecule has 20 heavy (non-hydrogen) atoms. The summed E-state index contributed by atoms with van der Waals surface area (Å²) in [5.74, 6) is 1.02. The molecular formula is C13H18N4OS2. The van der Waals surface area contributed by atoms with Gasteiger partial charge in [-0.2, -0.15) is 0 Å². The highest BCUT2D eigenvalue weighted by atomic mass is 32.2. The number of likely N-dealkylation sites (N-methyl/N-ethyl adjacent to an activating group) is 1. The van der Waals surface area contributed by atoms with Crippen molar-refractivity contribution in [3.63, 3.8) is 0 Å². The van der Waals surface area contributed by atoms with Crippen molar-refractivity contribution in [1.82, 2.24) is 14.9 Å². The van der Waals surface area contributed by atoms with Crippen LogP contribution in [-0.4, -0.2) is 46.4 Å². The summed E-state index contributed by atoms with van der Waals surface area (Å²) < 4.78 is 0. The summed E-state index contributed by atoms with van der Waals surface area (Å²) in [4.78, 5) is 21.7. The van der Waals surface area contributed by atoms with E-state index in [4.69, 9.17) is 5.73 Å². The van der Waals surface area contributed by atoms with Gasteiger partial charge in [0.15, 0.2) is 5.16 Å². The Hall–Kier alpha value is -1.47. The topological polar surface area (TPSA) is 72.1 Å². The molecule has 0 spiro atoms. The Kier molecular flexibility index (Phi) is 7.17. The summed E-state index contributed by atoms with van der Waals surface area (Å²) in [5, 5.41) is 1.46. The largest absolute Gasteiger partial charge is 0.384 e. The Morgan fingerprint density at radius 3 is 2.95 bits per heavy atom. The van der Waals surface area contributed by atoms with Gasteiger partial charge in [-0.3, -0.25) is 4.79 Å². The van der Waals surface area contributed by atoms with Gasteiger partial charge < -0.3 is 10.6 Å². The van der Waals surface area contributed by atoms with Crippen molar-refractivity contribution in [3.8, 4) is 0 Å². The molecule has 2 N–H and O–H groups in total. The minimum Gasteiger partial charge on any atom is -0.384 e. The maximum atomic E-state index is 11.6. The molecule has 7 heteroatoms. The molecule has 1 heterocycles. The zero-order chi connectivity index (χ0) is 15.0. The Balaban J connectivity index is 2.50. The van der Waals surface area contributed by atoms with Crippen LogP contribution in [0.1, 0.15) is 0 Å². The number of aromatic nitrogens is 2. The zero-order valence-corrected chi connectivity index (χ0v) is 13.2. The maximum Gasteiger partial charge on any atom is 0.246 e. The second kappa shape index (κ2) is 8.65. The van der Waals surface area contributed by atoms with Gasteiger partial charge in [-0.25, -0.2) is 9.97 Å². The first kappa shape index (κ1) is 16.6. The van der Waals surface area contributed by atoms with Crippen molar-refractivity contribution in [2.75, 3.05) is 31.3 Å². The van der Waals surface area contributed by atoms with E-state index in [1.807, 2.05) is 6.26 Å². The molecular weight excluding hydrogens is 292 g/mol. The third-order valence-corrected chi connectivity index (χ3v) is 3.69. The number of carbonyl (C=O) groups is 1. The summed E-state index contributed by atoms with van der Waals surface area (Å²) in [6.45, 7) is 4.12. The maximum absolute atomic E-state index is 11.6. The number of nitrogen functional groups attached to an aromatic ring is 1. The predicted octanol–water partition coefficient (Wildman–Crippen LogP) is 2.07. The van der Waals surface area contributed by atoms with Crippen LogP contribution in [0, 0.1) is 0 Å². The molecule has 0 aliphatic heterocycles.